The Hall–Kier alpha value is -2.39. The van der Waals surface area contributed by atoms with Crippen molar-refractivity contribution in [1.82, 2.24) is 20.5 Å². The summed E-state index contributed by atoms with van der Waals surface area (Å²) in [6, 6.07) is 6.36. The first-order chi connectivity index (χ1) is 12.0. The zero-order valence-electron chi connectivity index (χ0n) is 13.1. The number of hydrogen-bond donors (Lipinski definition) is 3. The SMILES string of the molecule is FC(F)(F)c1ccc(NCCNCc2cn[nH]c2-c2cccs2)nc1. The lowest BCUT2D eigenvalue weighted by molar-refractivity contribution is -0.137. The molecule has 0 unspecified atom stereocenters. The van der Waals surface area contributed by atoms with E-state index in [2.05, 4.69) is 25.8 Å². The van der Waals surface area contributed by atoms with Gasteiger partial charge in [-0.25, -0.2) is 4.98 Å². The third kappa shape index (κ3) is 4.58. The number of aromatic nitrogens is 3. The molecule has 0 aliphatic rings. The van der Waals surface area contributed by atoms with Gasteiger partial charge >= 0.3 is 6.18 Å². The lowest BCUT2D eigenvalue weighted by atomic mass is 10.2. The van der Waals surface area contributed by atoms with Gasteiger partial charge in [-0.05, 0) is 23.6 Å². The lowest BCUT2D eigenvalue weighted by Crippen LogP contribution is -2.22. The van der Waals surface area contributed by atoms with E-state index in [0.717, 1.165) is 28.4 Å². The molecule has 3 aromatic rings. The Morgan fingerprint density at radius 3 is 2.68 bits per heavy atom. The summed E-state index contributed by atoms with van der Waals surface area (Å²) in [5.74, 6) is 0.414. The van der Waals surface area contributed by atoms with Crippen LogP contribution < -0.4 is 10.6 Å². The summed E-state index contributed by atoms with van der Waals surface area (Å²) in [5, 5.41) is 15.3. The summed E-state index contributed by atoms with van der Waals surface area (Å²) in [7, 11) is 0. The Morgan fingerprint density at radius 2 is 2.00 bits per heavy atom. The third-order valence-electron chi connectivity index (χ3n) is 3.50. The van der Waals surface area contributed by atoms with Gasteiger partial charge in [0, 0.05) is 31.4 Å². The second-order valence-electron chi connectivity index (χ2n) is 5.28. The standard InChI is InChI=1S/C16H16F3N5S/c17-16(18,19)12-3-4-14(22-10-12)21-6-5-20-8-11-9-23-24-15(11)13-2-1-7-25-13/h1-4,7,9-10,20H,5-6,8H2,(H,21,22)(H,23,24). The maximum atomic E-state index is 12.5. The Kier molecular flexibility index (Phi) is 5.34. The van der Waals surface area contributed by atoms with E-state index >= 15 is 0 Å². The van der Waals surface area contributed by atoms with Gasteiger partial charge in [0.25, 0.3) is 0 Å². The van der Waals surface area contributed by atoms with Crippen LogP contribution in [-0.4, -0.2) is 28.3 Å². The van der Waals surface area contributed by atoms with E-state index in [0.29, 0.717) is 25.5 Å². The second-order valence-corrected chi connectivity index (χ2v) is 6.23. The van der Waals surface area contributed by atoms with Crippen LogP contribution in [0.3, 0.4) is 0 Å². The molecule has 0 amide bonds. The van der Waals surface area contributed by atoms with Gasteiger partial charge in [-0.2, -0.15) is 18.3 Å². The molecule has 0 aromatic carbocycles. The van der Waals surface area contributed by atoms with Crippen LogP contribution in [0.2, 0.25) is 0 Å². The van der Waals surface area contributed by atoms with Crippen LogP contribution >= 0.6 is 11.3 Å². The summed E-state index contributed by atoms with van der Waals surface area (Å²) in [5.41, 5.74) is 1.31. The van der Waals surface area contributed by atoms with Crippen molar-refractivity contribution < 1.29 is 13.2 Å². The van der Waals surface area contributed by atoms with E-state index in [4.69, 9.17) is 0 Å². The molecule has 132 valence electrons. The highest BCUT2D eigenvalue weighted by Gasteiger charge is 2.30. The fraction of sp³-hybridized carbons (Fsp3) is 0.250. The monoisotopic (exact) mass is 367 g/mol. The molecular weight excluding hydrogens is 351 g/mol. The molecule has 0 spiro atoms. The van der Waals surface area contributed by atoms with E-state index in [-0.39, 0.29) is 0 Å². The van der Waals surface area contributed by atoms with Crippen LogP contribution in [0, 0.1) is 0 Å². The first kappa shape index (κ1) is 17.4. The Bertz CT molecular complexity index is 781. The largest absolute Gasteiger partial charge is 0.417 e. The van der Waals surface area contributed by atoms with Crippen LogP contribution in [0.25, 0.3) is 10.6 Å². The van der Waals surface area contributed by atoms with Crippen LogP contribution in [0.4, 0.5) is 19.0 Å². The van der Waals surface area contributed by atoms with Gasteiger partial charge in [-0.15, -0.1) is 11.3 Å². The third-order valence-corrected chi connectivity index (χ3v) is 4.39. The fourth-order valence-electron chi connectivity index (χ4n) is 2.25. The Morgan fingerprint density at radius 1 is 1.12 bits per heavy atom. The molecule has 3 rings (SSSR count). The average Bonchev–Trinajstić information content (AvgIpc) is 3.25. The number of anilines is 1. The average molecular weight is 367 g/mol. The number of hydrogen-bond acceptors (Lipinski definition) is 5. The Labute approximate surface area is 146 Å². The van der Waals surface area contributed by atoms with Gasteiger partial charge in [0.1, 0.15) is 5.82 Å². The van der Waals surface area contributed by atoms with Gasteiger partial charge in [0.15, 0.2) is 0 Å². The molecule has 0 bridgehead atoms. The number of H-pyrrole nitrogens is 1. The van der Waals surface area contributed by atoms with Gasteiger partial charge in [-0.1, -0.05) is 6.07 Å². The van der Waals surface area contributed by atoms with Crippen molar-refractivity contribution in [2.24, 2.45) is 0 Å². The summed E-state index contributed by atoms with van der Waals surface area (Å²) < 4.78 is 37.4. The minimum Gasteiger partial charge on any atom is -0.369 e. The highest BCUT2D eigenvalue weighted by Crippen LogP contribution is 2.28. The lowest BCUT2D eigenvalue weighted by Gasteiger charge is -2.09. The van der Waals surface area contributed by atoms with Gasteiger partial charge < -0.3 is 10.6 Å². The molecule has 0 aliphatic carbocycles. The first-order valence-electron chi connectivity index (χ1n) is 7.58. The number of aromatic amines is 1. The summed E-state index contributed by atoms with van der Waals surface area (Å²) >= 11 is 1.64. The fourth-order valence-corrected chi connectivity index (χ4v) is 3.00. The van der Waals surface area contributed by atoms with E-state index in [1.54, 1.807) is 17.5 Å². The maximum absolute atomic E-state index is 12.5. The number of halogens is 3. The number of alkyl halides is 3. The predicted octanol–water partition coefficient (Wildman–Crippen LogP) is 3.75. The Balaban J connectivity index is 1.43. The van der Waals surface area contributed by atoms with Crippen LogP contribution in [0.15, 0.2) is 42.0 Å². The summed E-state index contributed by atoms with van der Waals surface area (Å²) in [4.78, 5) is 4.89. The molecule has 0 aliphatic heterocycles. The topological polar surface area (TPSA) is 65.6 Å². The highest BCUT2D eigenvalue weighted by molar-refractivity contribution is 7.13. The maximum Gasteiger partial charge on any atom is 0.417 e. The van der Waals surface area contributed by atoms with Gasteiger partial charge in [-0.3, -0.25) is 5.10 Å². The highest BCUT2D eigenvalue weighted by atomic mass is 32.1. The molecule has 0 saturated heterocycles. The molecule has 0 radical (unpaired) electrons. The van der Waals surface area contributed by atoms with Crippen molar-refractivity contribution in [3.63, 3.8) is 0 Å². The molecule has 0 saturated carbocycles. The predicted molar refractivity (Wildman–Crippen MR) is 91.3 cm³/mol. The van der Waals surface area contributed by atoms with Crippen molar-refractivity contribution in [1.29, 1.82) is 0 Å². The number of thiophene rings is 1. The smallest absolute Gasteiger partial charge is 0.369 e. The molecule has 0 fully saturated rings. The number of pyridine rings is 1. The van der Waals surface area contributed by atoms with Crippen LogP contribution in [-0.2, 0) is 12.7 Å². The molecule has 3 aromatic heterocycles. The molecule has 3 heterocycles. The van der Waals surface area contributed by atoms with Crippen LogP contribution in [0.1, 0.15) is 11.1 Å². The molecule has 0 atom stereocenters. The van der Waals surface area contributed by atoms with Gasteiger partial charge in [0.2, 0.25) is 0 Å². The molecule has 25 heavy (non-hydrogen) atoms. The van der Waals surface area contributed by atoms with Crippen molar-refractivity contribution >= 4 is 17.2 Å². The second kappa shape index (κ2) is 7.66. The van der Waals surface area contributed by atoms with Crippen molar-refractivity contribution in [2.45, 2.75) is 12.7 Å². The minimum absolute atomic E-state index is 0.414. The minimum atomic E-state index is -4.36. The summed E-state index contributed by atoms with van der Waals surface area (Å²) in [6.07, 6.45) is -1.75. The van der Waals surface area contributed by atoms with E-state index in [1.165, 1.54) is 6.07 Å². The van der Waals surface area contributed by atoms with Crippen molar-refractivity contribution in [3.05, 3.63) is 53.2 Å². The van der Waals surface area contributed by atoms with E-state index < -0.39 is 11.7 Å². The number of nitrogens with one attached hydrogen (secondary N) is 3. The van der Waals surface area contributed by atoms with E-state index in [9.17, 15) is 13.2 Å². The summed E-state index contributed by atoms with van der Waals surface area (Å²) in [6.45, 7) is 1.83. The normalized spacial score (nSPS) is 11.6. The molecule has 9 heteroatoms. The zero-order valence-corrected chi connectivity index (χ0v) is 13.9. The number of rotatable bonds is 7. The quantitative estimate of drug-likeness (QED) is 0.557. The first-order valence-corrected chi connectivity index (χ1v) is 8.46. The molecule has 3 N–H and O–H groups in total. The molecule has 5 nitrogen and oxygen atoms in total. The van der Waals surface area contributed by atoms with Crippen molar-refractivity contribution in [2.75, 3.05) is 18.4 Å². The molecular formula is C16H16F3N5S. The van der Waals surface area contributed by atoms with Crippen LogP contribution in [0.5, 0.6) is 0 Å². The van der Waals surface area contributed by atoms with E-state index in [1.807, 2.05) is 17.5 Å². The number of nitrogens with zero attached hydrogens (tertiary/aromatic N) is 2. The zero-order chi connectivity index (χ0) is 17.7. The van der Waals surface area contributed by atoms with Crippen molar-refractivity contribution in [3.8, 4) is 10.6 Å². The van der Waals surface area contributed by atoms with Gasteiger partial charge in [0.05, 0.1) is 22.3 Å².